The molecule has 1 aromatic carbocycles. The number of amides is 2. The van der Waals surface area contributed by atoms with Crippen LogP contribution < -0.4 is 11.1 Å². The fourth-order valence-corrected chi connectivity index (χ4v) is 6.21. The number of carbonyl (C=O) groups is 2. The SMILES string of the molecule is CCN(CC)C(=O)c1cnn2ccc(C3CCN(S(=O)(=O)c4ccc(NC(=O)CCN)cc4)CC3)cc12. The van der Waals surface area contributed by atoms with Gasteiger partial charge in [-0.15, -0.1) is 0 Å². The van der Waals surface area contributed by atoms with Gasteiger partial charge in [0.15, 0.2) is 0 Å². The average molecular weight is 527 g/mol. The highest BCUT2D eigenvalue weighted by atomic mass is 32.2. The second-order valence-electron chi connectivity index (χ2n) is 9.12. The summed E-state index contributed by atoms with van der Waals surface area (Å²) in [6.07, 6.45) is 5.03. The molecule has 1 aliphatic rings. The monoisotopic (exact) mass is 526 g/mol. The van der Waals surface area contributed by atoms with Crippen molar-refractivity contribution in [1.29, 1.82) is 0 Å². The number of carbonyl (C=O) groups excluding carboxylic acids is 2. The molecule has 0 atom stereocenters. The molecule has 0 saturated carbocycles. The largest absolute Gasteiger partial charge is 0.339 e. The Bertz CT molecular complexity index is 1360. The van der Waals surface area contributed by atoms with Gasteiger partial charge in [-0.05, 0) is 74.6 Å². The van der Waals surface area contributed by atoms with Crippen molar-refractivity contribution in [2.45, 2.75) is 43.9 Å². The molecule has 0 spiro atoms. The van der Waals surface area contributed by atoms with Crippen molar-refractivity contribution in [1.82, 2.24) is 18.8 Å². The summed E-state index contributed by atoms with van der Waals surface area (Å²) in [5.41, 5.74) is 8.34. The fraction of sp³-hybridized carbons (Fsp3) is 0.423. The number of nitrogens with zero attached hydrogens (tertiary/aromatic N) is 4. The summed E-state index contributed by atoms with van der Waals surface area (Å²) < 4.78 is 29.7. The van der Waals surface area contributed by atoms with Gasteiger partial charge in [0, 0.05) is 51.0 Å². The van der Waals surface area contributed by atoms with Crippen molar-refractivity contribution in [2.24, 2.45) is 5.73 Å². The average Bonchev–Trinajstić information content (AvgIpc) is 3.33. The van der Waals surface area contributed by atoms with E-state index in [0.29, 0.717) is 50.3 Å². The third-order valence-corrected chi connectivity index (χ3v) is 8.81. The lowest BCUT2D eigenvalue weighted by Crippen LogP contribution is -2.37. The summed E-state index contributed by atoms with van der Waals surface area (Å²) in [5, 5.41) is 7.04. The Hall–Kier alpha value is -3.28. The first-order valence-electron chi connectivity index (χ1n) is 12.6. The fourth-order valence-electron chi connectivity index (χ4n) is 4.74. The molecule has 0 aliphatic carbocycles. The van der Waals surface area contributed by atoms with E-state index in [1.807, 2.05) is 32.2 Å². The molecular weight excluding hydrogens is 492 g/mol. The van der Waals surface area contributed by atoms with Crippen molar-refractivity contribution in [2.75, 3.05) is 38.0 Å². The van der Waals surface area contributed by atoms with Crippen LogP contribution in [0.25, 0.3) is 5.52 Å². The lowest BCUT2D eigenvalue weighted by atomic mass is 9.90. The molecule has 1 aliphatic heterocycles. The number of pyridine rings is 1. The minimum absolute atomic E-state index is 0.0389. The first kappa shape index (κ1) is 26.8. The highest BCUT2D eigenvalue weighted by molar-refractivity contribution is 7.89. The van der Waals surface area contributed by atoms with E-state index in [2.05, 4.69) is 10.4 Å². The smallest absolute Gasteiger partial charge is 0.257 e. The van der Waals surface area contributed by atoms with Crippen molar-refractivity contribution < 1.29 is 18.0 Å². The van der Waals surface area contributed by atoms with Crippen LogP contribution in [0, 0.1) is 0 Å². The zero-order valence-electron chi connectivity index (χ0n) is 21.3. The predicted octanol–water partition coefficient (Wildman–Crippen LogP) is 2.67. The highest BCUT2D eigenvalue weighted by Gasteiger charge is 2.30. The summed E-state index contributed by atoms with van der Waals surface area (Å²) in [4.78, 5) is 26.6. The lowest BCUT2D eigenvalue weighted by Gasteiger charge is -2.31. The highest BCUT2D eigenvalue weighted by Crippen LogP contribution is 2.32. The number of hydrogen-bond donors (Lipinski definition) is 2. The molecule has 10 nitrogen and oxygen atoms in total. The van der Waals surface area contributed by atoms with Crippen LogP contribution in [0.5, 0.6) is 0 Å². The van der Waals surface area contributed by atoms with Crippen LogP contribution in [0.4, 0.5) is 5.69 Å². The van der Waals surface area contributed by atoms with E-state index in [1.54, 1.807) is 27.7 Å². The number of piperidine rings is 1. The minimum Gasteiger partial charge on any atom is -0.339 e. The number of nitrogens with two attached hydrogens (primary N) is 1. The standard InChI is InChI=1S/C26H34N6O4S/c1-3-30(4-2)26(34)23-18-28-32-16-12-20(17-24(23)32)19-10-14-31(15-11-19)37(35,36)22-7-5-21(6-8-22)29-25(33)9-13-27/h5-8,12,16-19H,3-4,9-11,13-15,27H2,1-2H3,(H,29,33). The molecule has 37 heavy (non-hydrogen) atoms. The van der Waals surface area contributed by atoms with Gasteiger partial charge in [-0.3, -0.25) is 9.59 Å². The zero-order chi connectivity index (χ0) is 26.6. The number of fused-ring (bicyclic) bond motifs is 1. The topological polar surface area (TPSA) is 130 Å². The van der Waals surface area contributed by atoms with E-state index in [4.69, 9.17) is 5.73 Å². The first-order chi connectivity index (χ1) is 17.8. The van der Waals surface area contributed by atoms with Gasteiger partial charge < -0.3 is 16.0 Å². The number of sulfonamides is 1. The Labute approximate surface area is 217 Å². The second kappa shape index (κ2) is 11.4. The van der Waals surface area contributed by atoms with Gasteiger partial charge in [0.05, 0.1) is 22.2 Å². The maximum atomic E-state index is 13.2. The Morgan fingerprint density at radius 3 is 2.41 bits per heavy atom. The van der Waals surface area contributed by atoms with Crippen LogP contribution in [0.3, 0.4) is 0 Å². The van der Waals surface area contributed by atoms with Crippen LogP contribution in [-0.2, 0) is 14.8 Å². The molecule has 1 fully saturated rings. The third-order valence-electron chi connectivity index (χ3n) is 6.90. The molecular formula is C26H34N6O4S. The summed E-state index contributed by atoms with van der Waals surface area (Å²) in [6.45, 7) is 6.22. The van der Waals surface area contributed by atoms with Crippen LogP contribution in [0.1, 0.15) is 54.9 Å². The van der Waals surface area contributed by atoms with Gasteiger partial charge in [-0.1, -0.05) is 0 Å². The van der Waals surface area contributed by atoms with Crippen LogP contribution in [0.15, 0.2) is 53.7 Å². The Morgan fingerprint density at radius 1 is 1.11 bits per heavy atom. The summed E-state index contributed by atoms with van der Waals surface area (Å²) >= 11 is 0. The van der Waals surface area contributed by atoms with Crippen molar-refractivity contribution in [3.05, 3.63) is 59.9 Å². The molecule has 2 aromatic heterocycles. The van der Waals surface area contributed by atoms with Gasteiger partial charge in [0.25, 0.3) is 5.91 Å². The Morgan fingerprint density at radius 2 is 1.78 bits per heavy atom. The summed E-state index contributed by atoms with van der Waals surface area (Å²) in [5.74, 6) is -0.0650. The molecule has 0 bridgehead atoms. The maximum Gasteiger partial charge on any atom is 0.257 e. The second-order valence-corrected chi connectivity index (χ2v) is 11.1. The quantitative estimate of drug-likeness (QED) is 0.441. The summed E-state index contributed by atoms with van der Waals surface area (Å²) in [6, 6.07) is 10.2. The van der Waals surface area contributed by atoms with E-state index in [1.165, 1.54) is 16.4 Å². The van der Waals surface area contributed by atoms with Crippen molar-refractivity contribution in [3.63, 3.8) is 0 Å². The van der Waals surface area contributed by atoms with Gasteiger partial charge in [-0.2, -0.15) is 9.40 Å². The number of benzene rings is 1. The van der Waals surface area contributed by atoms with Gasteiger partial charge >= 0.3 is 0 Å². The molecule has 0 radical (unpaired) electrons. The van der Waals surface area contributed by atoms with E-state index >= 15 is 0 Å². The van der Waals surface area contributed by atoms with Crippen LogP contribution in [0.2, 0.25) is 0 Å². The number of aromatic nitrogens is 2. The number of rotatable bonds is 9. The van der Waals surface area contributed by atoms with Crippen molar-refractivity contribution >= 4 is 33.0 Å². The van der Waals surface area contributed by atoms with E-state index < -0.39 is 10.0 Å². The van der Waals surface area contributed by atoms with E-state index in [9.17, 15) is 18.0 Å². The molecule has 1 saturated heterocycles. The van der Waals surface area contributed by atoms with Crippen molar-refractivity contribution in [3.8, 4) is 0 Å². The van der Waals surface area contributed by atoms with E-state index in [-0.39, 0.29) is 35.6 Å². The number of hydrogen-bond acceptors (Lipinski definition) is 6. The van der Waals surface area contributed by atoms with Gasteiger partial charge in [0.1, 0.15) is 0 Å². The Kier molecular flexibility index (Phi) is 8.25. The predicted molar refractivity (Wildman–Crippen MR) is 142 cm³/mol. The first-order valence-corrected chi connectivity index (χ1v) is 14.1. The number of nitrogens with one attached hydrogen (secondary N) is 1. The molecule has 3 N–H and O–H groups in total. The minimum atomic E-state index is -3.65. The number of anilines is 1. The third kappa shape index (κ3) is 5.68. The zero-order valence-corrected chi connectivity index (χ0v) is 22.1. The van der Waals surface area contributed by atoms with Crippen LogP contribution in [-0.4, -0.2) is 71.8 Å². The van der Waals surface area contributed by atoms with Gasteiger partial charge in [-0.25, -0.2) is 12.9 Å². The molecule has 198 valence electrons. The normalized spacial score (nSPS) is 15.1. The molecule has 2 amide bonds. The molecule has 11 heteroatoms. The summed E-state index contributed by atoms with van der Waals surface area (Å²) in [7, 11) is -3.65. The van der Waals surface area contributed by atoms with Gasteiger partial charge in [0.2, 0.25) is 15.9 Å². The lowest BCUT2D eigenvalue weighted by molar-refractivity contribution is -0.116. The molecule has 4 rings (SSSR count). The Balaban J connectivity index is 1.44. The van der Waals surface area contributed by atoms with E-state index in [0.717, 1.165) is 11.1 Å². The maximum absolute atomic E-state index is 13.2. The molecule has 0 unspecified atom stereocenters. The molecule has 3 heterocycles. The van der Waals surface area contributed by atoms with Crippen LogP contribution >= 0.6 is 0 Å². The molecule has 3 aromatic rings.